The van der Waals surface area contributed by atoms with E-state index in [9.17, 15) is 4.79 Å². The standard InChI is InChI=1S/C21H28N4O/c1-16-14-24-20(15-23-16)21(26)22-10-7-17-3-5-18(6-4-17)13-19-8-11-25(2)12-9-19/h3-6,14-15,19H,7-13H2,1-2H3,(H,22,26). The van der Waals surface area contributed by atoms with E-state index in [2.05, 4.69) is 51.5 Å². The lowest BCUT2D eigenvalue weighted by atomic mass is 9.90. The maximum atomic E-state index is 12.0. The summed E-state index contributed by atoms with van der Waals surface area (Å²) in [7, 11) is 2.20. The van der Waals surface area contributed by atoms with E-state index in [0.717, 1.165) is 18.0 Å². The quantitative estimate of drug-likeness (QED) is 0.868. The van der Waals surface area contributed by atoms with Crippen molar-refractivity contribution in [3.05, 3.63) is 59.2 Å². The predicted molar refractivity (Wildman–Crippen MR) is 103 cm³/mol. The number of benzene rings is 1. The molecule has 1 N–H and O–H groups in total. The lowest BCUT2D eigenvalue weighted by Gasteiger charge is -2.28. The second-order valence-corrected chi connectivity index (χ2v) is 7.32. The fraction of sp³-hybridized carbons (Fsp3) is 0.476. The maximum Gasteiger partial charge on any atom is 0.271 e. The monoisotopic (exact) mass is 352 g/mol. The summed E-state index contributed by atoms with van der Waals surface area (Å²) in [6.07, 6.45) is 7.72. The predicted octanol–water partition coefficient (Wildman–Crippen LogP) is 2.64. The summed E-state index contributed by atoms with van der Waals surface area (Å²) in [6.45, 7) is 4.88. The van der Waals surface area contributed by atoms with Crippen molar-refractivity contribution in [2.24, 2.45) is 5.92 Å². The number of nitrogens with zero attached hydrogens (tertiary/aromatic N) is 3. The highest BCUT2D eigenvalue weighted by atomic mass is 16.1. The van der Waals surface area contributed by atoms with Gasteiger partial charge in [0.05, 0.1) is 11.9 Å². The summed E-state index contributed by atoms with van der Waals surface area (Å²) in [5, 5.41) is 2.91. The third kappa shape index (κ3) is 5.36. The van der Waals surface area contributed by atoms with Gasteiger partial charge in [0, 0.05) is 12.7 Å². The minimum absolute atomic E-state index is 0.170. The number of hydrogen-bond donors (Lipinski definition) is 1. The van der Waals surface area contributed by atoms with Gasteiger partial charge in [0.25, 0.3) is 5.91 Å². The second kappa shape index (κ2) is 8.90. The van der Waals surface area contributed by atoms with Gasteiger partial charge in [-0.15, -0.1) is 0 Å². The van der Waals surface area contributed by atoms with Gasteiger partial charge in [-0.3, -0.25) is 9.78 Å². The average molecular weight is 352 g/mol. The zero-order valence-corrected chi connectivity index (χ0v) is 15.7. The molecule has 0 bridgehead atoms. The highest BCUT2D eigenvalue weighted by Gasteiger charge is 2.16. The van der Waals surface area contributed by atoms with Gasteiger partial charge in [-0.25, -0.2) is 4.98 Å². The van der Waals surface area contributed by atoms with Crippen molar-refractivity contribution < 1.29 is 4.79 Å². The molecule has 26 heavy (non-hydrogen) atoms. The molecule has 5 nitrogen and oxygen atoms in total. The molecule has 0 saturated carbocycles. The van der Waals surface area contributed by atoms with Crippen molar-refractivity contribution in [3.63, 3.8) is 0 Å². The number of amides is 1. The van der Waals surface area contributed by atoms with Crippen molar-refractivity contribution >= 4 is 5.91 Å². The molecule has 138 valence electrons. The molecule has 1 saturated heterocycles. The lowest BCUT2D eigenvalue weighted by molar-refractivity contribution is 0.0948. The average Bonchev–Trinajstić information content (AvgIpc) is 2.65. The van der Waals surface area contributed by atoms with E-state index in [1.54, 1.807) is 6.20 Å². The van der Waals surface area contributed by atoms with E-state index >= 15 is 0 Å². The molecule has 0 atom stereocenters. The largest absolute Gasteiger partial charge is 0.350 e. The molecule has 0 radical (unpaired) electrons. The van der Waals surface area contributed by atoms with Crippen LogP contribution < -0.4 is 5.32 Å². The van der Waals surface area contributed by atoms with Crippen molar-refractivity contribution in [2.45, 2.75) is 32.6 Å². The zero-order valence-electron chi connectivity index (χ0n) is 15.7. The smallest absolute Gasteiger partial charge is 0.271 e. The number of aryl methyl sites for hydroxylation is 1. The second-order valence-electron chi connectivity index (χ2n) is 7.32. The van der Waals surface area contributed by atoms with Crippen LogP contribution in [0.4, 0.5) is 0 Å². The third-order valence-electron chi connectivity index (χ3n) is 5.10. The van der Waals surface area contributed by atoms with Gasteiger partial charge >= 0.3 is 0 Å². The van der Waals surface area contributed by atoms with Gasteiger partial charge in [-0.2, -0.15) is 0 Å². The Hall–Kier alpha value is -2.27. The Morgan fingerprint density at radius 1 is 1.12 bits per heavy atom. The Bertz CT molecular complexity index is 704. The van der Waals surface area contributed by atoms with E-state index < -0.39 is 0 Å². The molecule has 0 spiro atoms. The summed E-state index contributed by atoms with van der Waals surface area (Å²) in [5.41, 5.74) is 3.83. The molecule has 1 amide bonds. The fourth-order valence-corrected chi connectivity index (χ4v) is 3.36. The number of rotatable bonds is 6. The molecule has 1 aromatic heterocycles. The van der Waals surface area contributed by atoms with Crippen LogP contribution in [-0.2, 0) is 12.8 Å². The van der Waals surface area contributed by atoms with Gasteiger partial charge < -0.3 is 10.2 Å². The Balaban J connectivity index is 1.42. The van der Waals surface area contributed by atoms with Gasteiger partial charge in [-0.1, -0.05) is 24.3 Å². The van der Waals surface area contributed by atoms with Gasteiger partial charge in [0.15, 0.2) is 0 Å². The summed E-state index contributed by atoms with van der Waals surface area (Å²) in [6, 6.07) is 8.84. The van der Waals surface area contributed by atoms with E-state index in [1.807, 2.05) is 6.92 Å². The maximum absolute atomic E-state index is 12.0. The van der Waals surface area contributed by atoms with Crippen LogP contribution >= 0.6 is 0 Å². The highest BCUT2D eigenvalue weighted by Crippen LogP contribution is 2.21. The number of carbonyl (C=O) groups is 1. The molecule has 1 fully saturated rings. The fourth-order valence-electron chi connectivity index (χ4n) is 3.36. The van der Waals surface area contributed by atoms with Gasteiger partial charge in [-0.05, 0) is 69.8 Å². The van der Waals surface area contributed by atoms with Gasteiger partial charge in [0.2, 0.25) is 0 Å². The molecule has 0 unspecified atom stereocenters. The van der Waals surface area contributed by atoms with Crippen LogP contribution in [0.3, 0.4) is 0 Å². The molecule has 1 aliphatic rings. The van der Waals surface area contributed by atoms with Crippen LogP contribution in [0, 0.1) is 12.8 Å². The Labute approximate surface area is 155 Å². The summed E-state index contributed by atoms with van der Waals surface area (Å²) < 4.78 is 0. The van der Waals surface area contributed by atoms with Crippen molar-refractivity contribution in [2.75, 3.05) is 26.7 Å². The number of hydrogen-bond acceptors (Lipinski definition) is 4. The van der Waals surface area contributed by atoms with Crippen LogP contribution in [-0.4, -0.2) is 47.5 Å². The van der Waals surface area contributed by atoms with Crippen LogP contribution in [0.15, 0.2) is 36.7 Å². The number of carbonyl (C=O) groups excluding carboxylic acids is 1. The highest BCUT2D eigenvalue weighted by molar-refractivity contribution is 5.91. The number of likely N-dealkylation sites (tertiary alicyclic amines) is 1. The molecule has 0 aliphatic carbocycles. The Kier molecular flexibility index (Phi) is 6.34. The Morgan fingerprint density at radius 2 is 1.81 bits per heavy atom. The van der Waals surface area contributed by atoms with Gasteiger partial charge in [0.1, 0.15) is 5.69 Å². The molecule has 3 rings (SSSR count). The molecular formula is C21H28N4O. The first-order valence-corrected chi connectivity index (χ1v) is 9.43. The molecular weight excluding hydrogens is 324 g/mol. The van der Waals surface area contributed by atoms with Crippen molar-refractivity contribution in [3.8, 4) is 0 Å². The van der Waals surface area contributed by atoms with Crippen LogP contribution in [0.2, 0.25) is 0 Å². The first-order valence-electron chi connectivity index (χ1n) is 9.43. The first-order chi connectivity index (χ1) is 12.6. The summed E-state index contributed by atoms with van der Waals surface area (Å²) in [5.74, 6) is 0.642. The normalized spacial score (nSPS) is 15.8. The third-order valence-corrected chi connectivity index (χ3v) is 5.10. The topological polar surface area (TPSA) is 58.1 Å². The van der Waals surface area contributed by atoms with Crippen LogP contribution in [0.25, 0.3) is 0 Å². The number of piperidine rings is 1. The van der Waals surface area contributed by atoms with E-state index in [0.29, 0.717) is 12.2 Å². The van der Waals surface area contributed by atoms with Crippen LogP contribution in [0.1, 0.15) is 40.2 Å². The molecule has 2 aromatic rings. The molecule has 2 heterocycles. The van der Waals surface area contributed by atoms with E-state index in [1.165, 1.54) is 49.7 Å². The number of aromatic nitrogens is 2. The SMILES string of the molecule is Cc1cnc(C(=O)NCCc2ccc(CC3CCN(C)CC3)cc2)cn1. The zero-order chi connectivity index (χ0) is 18.4. The van der Waals surface area contributed by atoms with E-state index in [4.69, 9.17) is 0 Å². The molecule has 1 aliphatic heterocycles. The summed E-state index contributed by atoms with van der Waals surface area (Å²) in [4.78, 5) is 22.6. The number of nitrogens with one attached hydrogen (secondary N) is 1. The minimum atomic E-state index is -0.170. The van der Waals surface area contributed by atoms with Crippen LogP contribution in [0.5, 0.6) is 0 Å². The lowest BCUT2D eigenvalue weighted by Crippen LogP contribution is -2.30. The van der Waals surface area contributed by atoms with Crippen molar-refractivity contribution in [1.29, 1.82) is 0 Å². The van der Waals surface area contributed by atoms with Crippen molar-refractivity contribution in [1.82, 2.24) is 20.2 Å². The molecule has 1 aromatic carbocycles. The van der Waals surface area contributed by atoms with E-state index in [-0.39, 0.29) is 5.91 Å². The first kappa shape index (κ1) is 18.5. The summed E-state index contributed by atoms with van der Waals surface area (Å²) >= 11 is 0. The Morgan fingerprint density at radius 3 is 2.46 bits per heavy atom. The molecule has 5 heteroatoms. The minimum Gasteiger partial charge on any atom is -0.350 e.